The van der Waals surface area contributed by atoms with Crippen molar-refractivity contribution in [2.75, 3.05) is 23.3 Å². The average molecular weight is 397 g/mol. The average Bonchev–Trinajstić information content (AvgIpc) is 3.15. The molecule has 2 aromatic carbocycles. The first-order valence-electron chi connectivity index (χ1n) is 8.27. The number of anilines is 2. The van der Waals surface area contributed by atoms with Gasteiger partial charge in [-0.15, -0.1) is 0 Å². The Bertz CT molecular complexity index is 938. The van der Waals surface area contributed by atoms with E-state index in [1.54, 1.807) is 18.5 Å². The summed E-state index contributed by atoms with van der Waals surface area (Å²) in [6.07, 6.45) is 3.99. The van der Waals surface area contributed by atoms with E-state index < -0.39 is 0 Å². The minimum absolute atomic E-state index is 0.144. The highest BCUT2D eigenvalue weighted by Crippen LogP contribution is 2.28. The molecule has 1 fully saturated rings. The van der Waals surface area contributed by atoms with Crippen LogP contribution in [-0.2, 0) is 0 Å². The maximum atomic E-state index is 12.4. The van der Waals surface area contributed by atoms with Crippen LogP contribution in [0.3, 0.4) is 0 Å². The van der Waals surface area contributed by atoms with Crippen LogP contribution >= 0.6 is 15.9 Å². The summed E-state index contributed by atoms with van der Waals surface area (Å²) in [6.45, 7) is 2.07. The number of carbonyl (C=O) groups excluding carboxylic acids is 1. The first-order valence-corrected chi connectivity index (χ1v) is 9.07. The summed E-state index contributed by atoms with van der Waals surface area (Å²) in [7, 11) is 0. The monoisotopic (exact) mass is 396 g/mol. The van der Waals surface area contributed by atoms with Gasteiger partial charge in [0.1, 0.15) is 12.1 Å². The number of fused-ring (bicyclic) bond motifs is 1. The third-order valence-corrected chi connectivity index (χ3v) is 4.86. The third-order valence-electron chi connectivity index (χ3n) is 4.37. The molecule has 0 bridgehead atoms. The van der Waals surface area contributed by atoms with Gasteiger partial charge < -0.3 is 10.2 Å². The van der Waals surface area contributed by atoms with E-state index >= 15 is 0 Å². The van der Waals surface area contributed by atoms with Gasteiger partial charge in [0.25, 0.3) is 5.91 Å². The lowest BCUT2D eigenvalue weighted by atomic mass is 10.2. The van der Waals surface area contributed by atoms with Gasteiger partial charge in [-0.1, -0.05) is 22.0 Å². The normalized spacial score (nSPS) is 14.0. The molecule has 4 rings (SSSR count). The Labute approximate surface area is 154 Å². The molecule has 3 aromatic rings. The molecular formula is C19H17BrN4O. The van der Waals surface area contributed by atoms with Crippen molar-refractivity contribution in [1.82, 2.24) is 9.97 Å². The highest BCUT2D eigenvalue weighted by molar-refractivity contribution is 9.10. The fourth-order valence-corrected chi connectivity index (χ4v) is 3.53. The summed E-state index contributed by atoms with van der Waals surface area (Å²) in [4.78, 5) is 23.5. The summed E-state index contributed by atoms with van der Waals surface area (Å²) in [5.41, 5.74) is 2.17. The molecule has 0 spiro atoms. The van der Waals surface area contributed by atoms with E-state index in [0.717, 1.165) is 40.0 Å². The number of aromatic nitrogens is 2. The number of halogens is 1. The summed E-state index contributed by atoms with van der Waals surface area (Å²) < 4.78 is 0.877. The molecule has 6 heteroatoms. The molecule has 1 saturated heterocycles. The van der Waals surface area contributed by atoms with Crippen molar-refractivity contribution in [1.29, 1.82) is 0 Å². The molecule has 0 atom stereocenters. The molecule has 0 unspecified atom stereocenters. The number of hydrogen-bond donors (Lipinski definition) is 1. The smallest absolute Gasteiger partial charge is 0.255 e. The van der Waals surface area contributed by atoms with E-state index in [4.69, 9.17) is 0 Å². The molecule has 0 aliphatic carbocycles. The van der Waals surface area contributed by atoms with Gasteiger partial charge in [0, 0.05) is 34.2 Å². The molecule has 1 aromatic heterocycles. The quantitative estimate of drug-likeness (QED) is 0.718. The fourth-order valence-electron chi connectivity index (χ4n) is 3.13. The van der Waals surface area contributed by atoms with Crippen molar-refractivity contribution in [3.05, 3.63) is 58.8 Å². The standard InChI is InChI=1S/C19H17BrN4O/c20-14-5-3-4-13(10-14)19(25)23-15-6-7-16-17(11-15)21-12-22-18(16)24-8-1-2-9-24/h3-7,10-12H,1-2,8-9H2,(H,23,25). The predicted octanol–water partition coefficient (Wildman–Crippen LogP) is 4.24. The highest BCUT2D eigenvalue weighted by Gasteiger charge is 2.17. The third kappa shape index (κ3) is 3.35. The lowest BCUT2D eigenvalue weighted by Gasteiger charge is -2.18. The van der Waals surface area contributed by atoms with Crippen LogP contribution in [0.25, 0.3) is 10.9 Å². The van der Waals surface area contributed by atoms with Crippen LogP contribution in [0.1, 0.15) is 23.2 Å². The summed E-state index contributed by atoms with van der Waals surface area (Å²) >= 11 is 3.39. The van der Waals surface area contributed by atoms with Gasteiger partial charge >= 0.3 is 0 Å². The van der Waals surface area contributed by atoms with Crippen LogP contribution in [0.2, 0.25) is 0 Å². The van der Waals surface area contributed by atoms with Gasteiger partial charge in [-0.05, 0) is 49.2 Å². The van der Waals surface area contributed by atoms with Gasteiger partial charge in [0.15, 0.2) is 0 Å². The van der Waals surface area contributed by atoms with Gasteiger partial charge in [-0.2, -0.15) is 0 Å². The van der Waals surface area contributed by atoms with Crippen molar-refractivity contribution < 1.29 is 4.79 Å². The fraction of sp³-hybridized carbons (Fsp3) is 0.211. The van der Waals surface area contributed by atoms with Gasteiger partial charge in [-0.25, -0.2) is 9.97 Å². The van der Waals surface area contributed by atoms with E-state index in [-0.39, 0.29) is 5.91 Å². The number of carbonyl (C=O) groups is 1. The van der Waals surface area contributed by atoms with E-state index in [9.17, 15) is 4.79 Å². The number of benzene rings is 2. The van der Waals surface area contributed by atoms with Gasteiger partial charge in [0.2, 0.25) is 0 Å². The predicted molar refractivity (Wildman–Crippen MR) is 103 cm³/mol. The number of rotatable bonds is 3. The zero-order valence-electron chi connectivity index (χ0n) is 13.6. The van der Waals surface area contributed by atoms with Crippen molar-refractivity contribution in [3.8, 4) is 0 Å². The molecule has 1 amide bonds. The molecular weight excluding hydrogens is 380 g/mol. The molecule has 0 radical (unpaired) electrons. The molecule has 1 aliphatic rings. The number of nitrogens with zero attached hydrogens (tertiary/aromatic N) is 3. The second-order valence-electron chi connectivity index (χ2n) is 6.09. The Morgan fingerprint density at radius 2 is 1.92 bits per heavy atom. The zero-order valence-corrected chi connectivity index (χ0v) is 15.2. The van der Waals surface area contributed by atoms with E-state index in [0.29, 0.717) is 5.56 Å². The number of amides is 1. The molecule has 5 nitrogen and oxygen atoms in total. The van der Waals surface area contributed by atoms with E-state index in [1.807, 2.05) is 30.3 Å². The topological polar surface area (TPSA) is 58.1 Å². The van der Waals surface area contributed by atoms with E-state index in [2.05, 4.69) is 36.1 Å². The first kappa shape index (κ1) is 16.0. The first-order chi connectivity index (χ1) is 12.2. The Morgan fingerprint density at radius 3 is 2.72 bits per heavy atom. The highest BCUT2D eigenvalue weighted by atomic mass is 79.9. The van der Waals surface area contributed by atoms with Crippen LogP contribution in [0.5, 0.6) is 0 Å². The largest absolute Gasteiger partial charge is 0.356 e. The van der Waals surface area contributed by atoms with Crippen molar-refractivity contribution in [2.24, 2.45) is 0 Å². The Kier molecular flexibility index (Phi) is 4.36. The molecule has 0 saturated carbocycles. The van der Waals surface area contributed by atoms with Gasteiger partial charge in [0.05, 0.1) is 5.52 Å². The molecule has 2 heterocycles. The Morgan fingerprint density at radius 1 is 1.08 bits per heavy atom. The number of hydrogen-bond acceptors (Lipinski definition) is 4. The van der Waals surface area contributed by atoms with Crippen molar-refractivity contribution >= 4 is 44.2 Å². The summed E-state index contributed by atoms with van der Waals surface area (Å²) in [6, 6.07) is 13.1. The van der Waals surface area contributed by atoms with Crippen molar-refractivity contribution in [3.63, 3.8) is 0 Å². The summed E-state index contributed by atoms with van der Waals surface area (Å²) in [5.74, 6) is 0.835. The minimum Gasteiger partial charge on any atom is -0.356 e. The zero-order chi connectivity index (χ0) is 17.2. The lowest BCUT2D eigenvalue weighted by molar-refractivity contribution is 0.102. The van der Waals surface area contributed by atoms with Crippen LogP contribution in [-0.4, -0.2) is 29.0 Å². The lowest BCUT2D eigenvalue weighted by Crippen LogP contribution is -2.19. The SMILES string of the molecule is O=C(Nc1ccc2c(N3CCCC3)ncnc2c1)c1cccc(Br)c1. The Hall–Kier alpha value is -2.47. The number of nitrogens with one attached hydrogen (secondary N) is 1. The second kappa shape index (κ2) is 6.80. The van der Waals surface area contributed by atoms with Crippen LogP contribution < -0.4 is 10.2 Å². The minimum atomic E-state index is -0.144. The van der Waals surface area contributed by atoms with Crippen LogP contribution in [0, 0.1) is 0 Å². The van der Waals surface area contributed by atoms with Crippen LogP contribution in [0.4, 0.5) is 11.5 Å². The van der Waals surface area contributed by atoms with Crippen molar-refractivity contribution in [2.45, 2.75) is 12.8 Å². The molecule has 25 heavy (non-hydrogen) atoms. The maximum Gasteiger partial charge on any atom is 0.255 e. The molecule has 1 N–H and O–H groups in total. The Balaban J connectivity index is 1.62. The van der Waals surface area contributed by atoms with Crippen LogP contribution in [0.15, 0.2) is 53.3 Å². The van der Waals surface area contributed by atoms with Gasteiger partial charge in [-0.3, -0.25) is 4.79 Å². The summed E-state index contributed by atoms with van der Waals surface area (Å²) in [5, 5.41) is 3.95. The molecule has 1 aliphatic heterocycles. The van der Waals surface area contributed by atoms with E-state index in [1.165, 1.54) is 12.8 Å². The maximum absolute atomic E-state index is 12.4. The molecule has 126 valence electrons. The second-order valence-corrected chi connectivity index (χ2v) is 7.00.